The summed E-state index contributed by atoms with van der Waals surface area (Å²) in [6.07, 6.45) is 0.683. The van der Waals surface area contributed by atoms with E-state index in [0.717, 1.165) is 17.1 Å². The number of carbonyl (C=O) groups is 2. The van der Waals surface area contributed by atoms with Crippen LogP contribution in [-0.2, 0) is 11.2 Å². The Labute approximate surface area is 145 Å². The van der Waals surface area contributed by atoms with Gasteiger partial charge in [-0.2, -0.15) is 0 Å². The van der Waals surface area contributed by atoms with Crippen LogP contribution in [0.25, 0.3) is 0 Å². The maximum absolute atomic E-state index is 11.9. The molecule has 0 aromatic heterocycles. The monoisotopic (exact) mass is 341 g/mol. The fourth-order valence-corrected chi connectivity index (χ4v) is 2.45. The van der Waals surface area contributed by atoms with Gasteiger partial charge >= 0.3 is 0 Å². The van der Waals surface area contributed by atoms with E-state index in [0.29, 0.717) is 24.3 Å². The lowest BCUT2D eigenvalue weighted by molar-refractivity contribution is -0.123. The van der Waals surface area contributed by atoms with E-state index in [1.807, 2.05) is 18.2 Å². The van der Waals surface area contributed by atoms with E-state index in [1.54, 1.807) is 24.3 Å². The topological polar surface area (TPSA) is 73.9 Å². The van der Waals surface area contributed by atoms with E-state index < -0.39 is 0 Å². The van der Waals surface area contributed by atoms with Crippen LogP contribution in [0.4, 0.5) is 0 Å². The highest BCUT2D eigenvalue weighted by Gasteiger charge is 2.13. The van der Waals surface area contributed by atoms with E-state index in [9.17, 15) is 9.59 Å². The molecule has 3 rings (SSSR count). The van der Waals surface area contributed by atoms with E-state index in [2.05, 4.69) is 5.32 Å². The minimum Gasteiger partial charge on any atom is -0.484 e. The zero-order chi connectivity index (χ0) is 17.6. The third kappa shape index (κ3) is 4.50. The highest BCUT2D eigenvalue weighted by Crippen LogP contribution is 2.32. The standard InChI is InChI=1S/C19H19NO5/c1-13(21)15-3-2-4-16(10-15)23-11-19(22)20-8-7-14-5-6-17-18(9-14)25-12-24-17/h2-6,9-10H,7-8,11-12H2,1H3,(H,20,22). The second kappa shape index (κ2) is 7.70. The first kappa shape index (κ1) is 16.8. The lowest BCUT2D eigenvalue weighted by atomic mass is 10.1. The van der Waals surface area contributed by atoms with Gasteiger partial charge in [-0.05, 0) is 43.2 Å². The summed E-state index contributed by atoms with van der Waals surface area (Å²) in [5, 5.41) is 2.80. The summed E-state index contributed by atoms with van der Waals surface area (Å²) >= 11 is 0. The van der Waals surface area contributed by atoms with Gasteiger partial charge in [-0.25, -0.2) is 0 Å². The number of hydrogen-bond acceptors (Lipinski definition) is 5. The van der Waals surface area contributed by atoms with Crippen molar-refractivity contribution in [2.24, 2.45) is 0 Å². The van der Waals surface area contributed by atoms with E-state index in [-0.39, 0.29) is 25.1 Å². The molecule has 0 radical (unpaired) electrons. The summed E-state index contributed by atoms with van der Waals surface area (Å²) in [5.74, 6) is 1.72. The lowest BCUT2D eigenvalue weighted by Gasteiger charge is -2.08. The van der Waals surface area contributed by atoms with Crippen LogP contribution in [0.1, 0.15) is 22.8 Å². The molecule has 0 aliphatic carbocycles. The predicted molar refractivity (Wildman–Crippen MR) is 91.2 cm³/mol. The van der Waals surface area contributed by atoms with Gasteiger partial charge in [-0.15, -0.1) is 0 Å². The van der Waals surface area contributed by atoms with E-state index in [1.165, 1.54) is 6.92 Å². The summed E-state index contributed by atoms with van der Waals surface area (Å²) < 4.78 is 16.0. The minimum atomic E-state index is -0.214. The molecule has 0 saturated carbocycles. The van der Waals surface area contributed by atoms with Crippen molar-refractivity contribution in [1.82, 2.24) is 5.32 Å². The average Bonchev–Trinajstić information content (AvgIpc) is 3.08. The van der Waals surface area contributed by atoms with Gasteiger partial charge < -0.3 is 19.5 Å². The largest absolute Gasteiger partial charge is 0.484 e. The van der Waals surface area contributed by atoms with Crippen molar-refractivity contribution in [2.45, 2.75) is 13.3 Å². The maximum Gasteiger partial charge on any atom is 0.257 e. The second-order valence-corrected chi connectivity index (χ2v) is 5.66. The van der Waals surface area contributed by atoms with Crippen LogP contribution in [0.5, 0.6) is 17.2 Å². The van der Waals surface area contributed by atoms with Gasteiger partial charge in [0.05, 0.1) is 0 Å². The van der Waals surface area contributed by atoms with Crippen molar-refractivity contribution in [2.75, 3.05) is 19.9 Å². The highest BCUT2D eigenvalue weighted by atomic mass is 16.7. The van der Waals surface area contributed by atoms with Gasteiger partial charge in [0.1, 0.15) is 5.75 Å². The molecule has 0 saturated heterocycles. The molecule has 0 spiro atoms. The summed E-state index contributed by atoms with van der Waals surface area (Å²) in [5.41, 5.74) is 1.61. The molecule has 2 aromatic rings. The lowest BCUT2D eigenvalue weighted by Crippen LogP contribution is -2.30. The zero-order valence-corrected chi connectivity index (χ0v) is 13.9. The van der Waals surface area contributed by atoms with Crippen molar-refractivity contribution in [3.8, 4) is 17.2 Å². The number of ketones is 1. The van der Waals surface area contributed by atoms with Crippen molar-refractivity contribution in [3.63, 3.8) is 0 Å². The fourth-order valence-electron chi connectivity index (χ4n) is 2.45. The number of fused-ring (bicyclic) bond motifs is 1. The SMILES string of the molecule is CC(=O)c1cccc(OCC(=O)NCCc2ccc3c(c2)OCO3)c1. The van der Waals surface area contributed by atoms with Crippen molar-refractivity contribution >= 4 is 11.7 Å². The molecule has 6 nitrogen and oxygen atoms in total. The molecule has 2 aromatic carbocycles. The number of ether oxygens (including phenoxy) is 3. The number of benzene rings is 2. The maximum atomic E-state index is 11.9. The quantitative estimate of drug-likeness (QED) is 0.783. The first-order valence-corrected chi connectivity index (χ1v) is 8.01. The Morgan fingerprint density at radius 3 is 2.80 bits per heavy atom. The van der Waals surface area contributed by atoms with Crippen LogP contribution in [-0.4, -0.2) is 31.6 Å². The molecule has 130 valence electrons. The van der Waals surface area contributed by atoms with Gasteiger partial charge in [0, 0.05) is 12.1 Å². The minimum absolute atomic E-state index is 0.0429. The van der Waals surface area contributed by atoms with Crippen LogP contribution < -0.4 is 19.5 Å². The summed E-state index contributed by atoms with van der Waals surface area (Å²) in [7, 11) is 0. The molecule has 1 N–H and O–H groups in total. The molecule has 0 fully saturated rings. The Kier molecular flexibility index (Phi) is 5.18. The van der Waals surface area contributed by atoms with Gasteiger partial charge in [0.15, 0.2) is 23.9 Å². The molecular formula is C19H19NO5. The van der Waals surface area contributed by atoms with Gasteiger partial charge in [-0.3, -0.25) is 9.59 Å². The predicted octanol–water partition coefficient (Wildman–Crippen LogP) is 2.36. The first-order valence-electron chi connectivity index (χ1n) is 8.01. The number of Topliss-reactive ketones (excluding diaryl/α,β-unsaturated/α-hetero) is 1. The number of carbonyl (C=O) groups excluding carboxylic acids is 2. The number of hydrogen-bond donors (Lipinski definition) is 1. The molecule has 6 heteroatoms. The third-order valence-corrected chi connectivity index (χ3v) is 3.78. The molecule has 0 atom stereocenters. The van der Waals surface area contributed by atoms with Gasteiger partial charge in [0.2, 0.25) is 6.79 Å². The van der Waals surface area contributed by atoms with E-state index >= 15 is 0 Å². The Hall–Kier alpha value is -3.02. The third-order valence-electron chi connectivity index (χ3n) is 3.78. The normalized spacial score (nSPS) is 11.9. The van der Waals surface area contributed by atoms with E-state index in [4.69, 9.17) is 14.2 Å². The molecule has 1 aliphatic rings. The molecule has 0 unspecified atom stereocenters. The first-order chi connectivity index (χ1) is 12.1. The highest BCUT2D eigenvalue weighted by molar-refractivity contribution is 5.94. The average molecular weight is 341 g/mol. The molecule has 25 heavy (non-hydrogen) atoms. The van der Waals surface area contributed by atoms with Crippen molar-refractivity contribution in [1.29, 1.82) is 0 Å². The summed E-state index contributed by atoms with van der Waals surface area (Å²) in [6.45, 7) is 2.14. The molecule has 1 amide bonds. The molecule has 1 heterocycles. The van der Waals surface area contributed by atoms with Crippen LogP contribution in [0.15, 0.2) is 42.5 Å². The Morgan fingerprint density at radius 2 is 1.96 bits per heavy atom. The smallest absolute Gasteiger partial charge is 0.257 e. The van der Waals surface area contributed by atoms with Gasteiger partial charge in [-0.1, -0.05) is 18.2 Å². The number of rotatable bonds is 7. The van der Waals surface area contributed by atoms with Crippen LogP contribution >= 0.6 is 0 Å². The van der Waals surface area contributed by atoms with Crippen LogP contribution in [0, 0.1) is 0 Å². The number of nitrogens with one attached hydrogen (secondary N) is 1. The van der Waals surface area contributed by atoms with Crippen LogP contribution in [0.3, 0.4) is 0 Å². The Bertz CT molecular complexity index is 787. The molecular weight excluding hydrogens is 322 g/mol. The Morgan fingerprint density at radius 1 is 1.12 bits per heavy atom. The molecule has 0 bridgehead atoms. The van der Waals surface area contributed by atoms with Gasteiger partial charge in [0.25, 0.3) is 5.91 Å². The summed E-state index contributed by atoms with van der Waals surface area (Å²) in [4.78, 5) is 23.2. The molecule has 1 aliphatic heterocycles. The van der Waals surface area contributed by atoms with Crippen molar-refractivity contribution < 1.29 is 23.8 Å². The van der Waals surface area contributed by atoms with Crippen molar-refractivity contribution in [3.05, 3.63) is 53.6 Å². The summed E-state index contributed by atoms with van der Waals surface area (Å²) in [6, 6.07) is 12.5. The zero-order valence-electron chi connectivity index (χ0n) is 13.9. The Balaban J connectivity index is 1.42. The second-order valence-electron chi connectivity index (χ2n) is 5.66. The van der Waals surface area contributed by atoms with Crippen LogP contribution in [0.2, 0.25) is 0 Å². The number of amides is 1. The fraction of sp³-hybridized carbons (Fsp3) is 0.263.